The summed E-state index contributed by atoms with van der Waals surface area (Å²) < 4.78 is 4.85. The SMILES string of the molecule is CNC(=O)NC(=O)C(C)OC(=O)CCNC(=O)c1ccsc1. The van der Waals surface area contributed by atoms with Gasteiger partial charge in [-0.25, -0.2) is 4.79 Å². The van der Waals surface area contributed by atoms with Gasteiger partial charge in [0, 0.05) is 24.5 Å². The molecule has 8 nitrogen and oxygen atoms in total. The third-order valence-electron chi connectivity index (χ3n) is 2.54. The summed E-state index contributed by atoms with van der Waals surface area (Å²) >= 11 is 1.40. The van der Waals surface area contributed by atoms with E-state index in [0.29, 0.717) is 5.56 Å². The lowest BCUT2D eigenvalue weighted by molar-refractivity contribution is -0.154. The minimum atomic E-state index is -1.10. The van der Waals surface area contributed by atoms with E-state index >= 15 is 0 Å². The molecule has 1 heterocycles. The lowest BCUT2D eigenvalue weighted by atomic mass is 10.3. The van der Waals surface area contributed by atoms with Gasteiger partial charge in [0.05, 0.1) is 6.42 Å². The fraction of sp³-hybridized carbons (Fsp3) is 0.385. The number of carbonyl (C=O) groups excluding carboxylic acids is 4. The summed E-state index contributed by atoms with van der Waals surface area (Å²) in [6, 6.07) is 0.986. The normalized spacial score (nSPS) is 11.2. The van der Waals surface area contributed by atoms with Crippen LogP contribution in [-0.2, 0) is 14.3 Å². The van der Waals surface area contributed by atoms with Crippen molar-refractivity contribution in [1.29, 1.82) is 0 Å². The molecule has 4 amide bonds. The molecule has 0 aliphatic heterocycles. The number of thiophene rings is 1. The van der Waals surface area contributed by atoms with Crippen molar-refractivity contribution in [2.45, 2.75) is 19.4 Å². The van der Waals surface area contributed by atoms with Gasteiger partial charge in [-0.1, -0.05) is 0 Å². The Morgan fingerprint density at radius 2 is 2.05 bits per heavy atom. The van der Waals surface area contributed by atoms with Crippen molar-refractivity contribution >= 4 is 35.2 Å². The second-order valence-corrected chi connectivity index (χ2v) is 5.00. The third-order valence-corrected chi connectivity index (χ3v) is 3.22. The van der Waals surface area contributed by atoms with Crippen molar-refractivity contribution in [3.05, 3.63) is 22.4 Å². The van der Waals surface area contributed by atoms with E-state index in [4.69, 9.17) is 4.74 Å². The molecule has 22 heavy (non-hydrogen) atoms. The summed E-state index contributed by atoms with van der Waals surface area (Å²) in [5, 5.41) is 10.2. The van der Waals surface area contributed by atoms with Gasteiger partial charge in [-0.2, -0.15) is 11.3 Å². The van der Waals surface area contributed by atoms with E-state index < -0.39 is 24.0 Å². The molecule has 1 rings (SSSR count). The van der Waals surface area contributed by atoms with Crippen LogP contribution in [0.15, 0.2) is 16.8 Å². The summed E-state index contributed by atoms with van der Waals surface area (Å²) in [7, 11) is 1.36. The molecule has 3 N–H and O–H groups in total. The van der Waals surface area contributed by atoms with Crippen LogP contribution in [-0.4, -0.2) is 43.5 Å². The van der Waals surface area contributed by atoms with Gasteiger partial charge < -0.3 is 15.4 Å². The van der Waals surface area contributed by atoms with Crippen LogP contribution in [0.1, 0.15) is 23.7 Å². The Labute approximate surface area is 131 Å². The first kappa shape index (κ1) is 17.6. The molecule has 0 aliphatic rings. The number of carbonyl (C=O) groups is 4. The summed E-state index contributed by atoms with van der Waals surface area (Å²) in [5.74, 6) is -1.65. The Balaban J connectivity index is 2.26. The first-order valence-electron chi connectivity index (χ1n) is 6.46. The first-order valence-corrected chi connectivity index (χ1v) is 7.40. The monoisotopic (exact) mass is 327 g/mol. The number of hydrogen-bond donors (Lipinski definition) is 3. The van der Waals surface area contributed by atoms with Crippen LogP contribution < -0.4 is 16.0 Å². The first-order chi connectivity index (χ1) is 10.4. The highest BCUT2D eigenvalue weighted by molar-refractivity contribution is 7.08. The minimum absolute atomic E-state index is 0.0759. The van der Waals surface area contributed by atoms with Crippen LogP contribution in [0, 0.1) is 0 Å². The molecule has 0 aromatic carbocycles. The zero-order valence-corrected chi connectivity index (χ0v) is 13.0. The average Bonchev–Trinajstić information content (AvgIpc) is 3.01. The molecule has 1 unspecified atom stereocenters. The average molecular weight is 327 g/mol. The largest absolute Gasteiger partial charge is 0.452 e. The van der Waals surface area contributed by atoms with Crippen molar-refractivity contribution in [2.24, 2.45) is 0 Å². The zero-order chi connectivity index (χ0) is 16.5. The van der Waals surface area contributed by atoms with Crippen LogP contribution >= 0.6 is 11.3 Å². The highest BCUT2D eigenvalue weighted by Gasteiger charge is 2.19. The van der Waals surface area contributed by atoms with Crippen molar-refractivity contribution in [2.75, 3.05) is 13.6 Å². The summed E-state index contributed by atoms with van der Waals surface area (Å²) in [6.45, 7) is 1.44. The number of esters is 1. The zero-order valence-electron chi connectivity index (χ0n) is 12.2. The molecule has 0 spiro atoms. The molecule has 0 fully saturated rings. The molecule has 1 aromatic heterocycles. The fourth-order valence-corrected chi connectivity index (χ4v) is 2.00. The molecule has 0 bridgehead atoms. The number of urea groups is 1. The number of nitrogens with one attached hydrogen (secondary N) is 3. The predicted octanol–water partition coefficient (Wildman–Crippen LogP) is 0.255. The topological polar surface area (TPSA) is 114 Å². The second kappa shape index (κ2) is 8.78. The van der Waals surface area contributed by atoms with E-state index in [2.05, 4.69) is 10.6 Å². The number of ether oxygens (including phenoxy) is 1. The lowest BCUT2D eigenvalue weighted by Gasteiger charge is -2.12. The molecule has 0 aliphatic carbocycles. The Bertz CT molecular complexity index is 544. The number of amides is 4. The van der Waals surface area contributed by atoms with Crippen LogP contribution in [0.4, 0.5) is 4.79 Å². The Morgan fingerprint density at radius 3 is 2.64 bits per heavy atom. The highest BCUT2D eigenvalue weighted by atomic mass is 32.1. The molecule has 0 saturated heterocycles. The van der Waals surface area contributed by atoms with Crippen LogP contribution in [0.3, 0.4) is 0 Å². The Morgan fingerprint density at radius 1 is 1.32 bits per heavy atom. The van der Waals surface area contributed by atoms with E-state index in [-0.39, 0.29) is 18.9 Å². The van der Waals surface area contributed by atoms with Crippen molar-refractivity contribution in [3.8, 4) is 0 Å². The van der Waals surface area contributed by atoms with Gasteiger partial charge in [0.15, 0.2) is 6.10 Å². The van der Waals surface area contributed by atoms with Gasteiger partial charge in [0.1, 0.15) is 0 Å². The molecule has 1 atom stereocenters. The standard InChI is InChI=1S/C13H17N3O5S/c1-8(11(18)16-13(20)14-2)21-10(17)3-5-15-12(19)9-4-6-22-7-9/h4,6-8H,3,5H2,1-2H3,(H,15,19)(H2,14,16,18,20). The Hall–Kier alpha value is -2.42. The highest BCUT2D eigenvalue weighted by Crippen LogP contribution is 2.05. The maximum atomic E-state index is 11.6. The van der Waals surface area contributed by atoms with Crippen LogP contribution in [0.25, 0.3) is 0 Å². The maximum Gasteiger partial charge on any atom is 0.321 e. The van der Waals surface area contributed by atoms with E-state index in [1.807, 2.05) is 5.32 Å². The molecule has 1 aromatic rings. The van der Waals surface area contributed by atoms with Crippen molar-refractivity contribution < 1.29 is 23.9 Å². The molecule has 9 heteroatoms. The van der Waals surface area contributed by atoms with Crippen molar-refractivity contribution in [3.63, 3.8) is 0 Å². The number of rotatable bonds is 6. The van der Waals surface area contributed by atoms with Crippen molar-refractivity contribution in [1.82, 2.24) is 16.0 Å². The van der Waals surface area contributed by atoms with Gasteiger partial charge in [0.25, 0.3) is 11.8 Å². The smallest absolute Gasteiger partial charge is 0.321 e. The predicted molar refractivity (Wildman–Crippen MR) is 79.4 cm³/mol. The number of imide groups is 1. The van der Waals surface area contributed by atoms with E-state index in [0.717, 1.165) is 0 Å². The van der Waals surface area contributed by atoms with E-state index in [9.17, 15) is 19.2 Å². The van der Waals surface area contributed by atoms with Gasteiger partial charge in [-0.15, -0.1) is 0 Å². The minimum Gasteiger partial charge on any atom is -0.452 e. The summed E-state index contributed by atoms with van der Waals surface area (Å²) in [6.07, 6.45) is -1.18. The number of hydrogen-bond acceptors (Lipinski definition) is 6. The maximum absolute atomic E-state index is 11.6. The van der Waals surface area contributed by atoms with Crippen LogP contribution in [0.2, 0.25) is 0 Å². The molecule has 0 saturated carbocycles. The van der Waals surface area contributed by atoms with Gasteiger partial charge in [0.2, 0.25) is 0 Å². The quantitative estimate of drug-likeness (QED) is 0.648. The molecular weight excluding hydrogens is 310 g/mol. The van der Waals surface area contributed by atoms with Gasteiger partial charge in [-0.05, 0) is 18.4 Å². The van der Waals surface area contributed by atoms with Gasteiger partial charge in [-0.3, -0.25) is 19.7 Å². The summed E-state index contributed by atoms with van der Waals surface area (Å²) in [4.78, 5) is 45.5. The third kappa shape index (κ3) is 5.92. The Kier molecular flexibility index (Phi) is 7.03. The van der Waals surface area contributed by atoms with Gasteiger partial charge >= 0.3 is 12.0 Å². The summed E-state index contributed by atoms with van der Waals surface area (Å²) in [5.41, 5.74) is 0.525. The van der Waals surface area contributed by atoms with E-state index in [1.54, 1.807) is 16.8 Å². The van der Waals surface area contributed by atoms with E-state index in [1.165, 1.54) is 25.3 Å². The molecular formula is C13H17N3O5S. The lowest BCUT2D eigenvalue weighted by Crippen LogP contribution is -2.43. The molecule has 120 valence electrons. The second-order valence-electron chi connectivity index (χ2n) is 4.22. The molecule has 0 radical (unpaired) electrons. The fourth-order valence-electron chi connectivity index (χ4n) is 1.36. The van der Waals surface area contributed by atoms with Crippen LogP contribution in [0.5, 0.6) is 0 Å².